The Labute approximate surface area is 290 Å². The Morgan fingerprint density at radius 2 is 1.76 bits per heavy atom. The second-order valence-corrected chi connectivity index (χ2v) is 12.0. The number of methoxy groups -OCH3 is 1. The molecule has 11 nitrogen and oxygen atoms in total. The van der Waals surface area contributed by atoms with Crippen LogP contribution in [0.1, 0.15) is 49.1 Å². The third kappa shape index (κ3) is 7.85. The van der Waals surface area contributed by atoms with Crippen LogP contribution >= 0.6 is 22.9 Å². The molecule has 49 heavy (non-hydrogen) atoms. The first-order chi connectivity index (χ1) is 23.7. The molecule has 252 valence electrons. The zero-order valence-electron chi connectivity index (χ0n) is 27.2. The van der Waals surface area contributed by atoms with Crippen molar-refractivity contribution in [3.05, 3.63) is 119 Å². The molecule has 2 heterocycles. The van der Waals surface area contributed by atoms with Gasteiger partial charge >= 0.3 is 11.9 Å². The summed E-state index contributed by atoms with van der Waals surface area (Å²) < 4.78 is 29.5. The van der Waals surface area contributed by atoms with Gasteiger partial charge in [0.15, 0.2) is 22.9 Å². The summed E-state index contributed by atoms with van der Waals surface area (Å²) in [5, 5.41) is 9.54. The van der Waals surface area contributed by atoms with Crippen LogP contribution in [0.3, 0.4) is 0 Å². The number of nitrogens with zero attached hydrogens (tertiary/aromatic N) is 3. The molecular formula is C36H32ClN3O8S. The highest BCUT2D eigenvalue weighted by Crippen LogP contribution is 2.36. The number of carbonyl (C=O) groups excluding carboxylic acids is 2. The van der Waals surface area contributed by atoms with E-state index in [-0.39, 0.29) is 37.8 Å². The summed E-state index contributed by atoms with van der Waals surface area (Å²) in [6.07, 6.45) is 1.68. The number of allylic oxidation sites excluding steroid dienone is 1. The SMILES string of the molecule is CCOC(=O)C1=C(C)N=c2s/c(=C/c3cc(Cl)ccc3OCc3ccc(C#N)cc3)c(=O)n2[C@H]1c1ccc(OCC(=O)OC)c(OCC)c1. The zero-order valence-corrected chi connectivity index (χ0v) is 28.7. The molecule has 0 amide bonds. The first-order valence-corrected chi connectivity index (χ1v) is 16.4. The molecule has 0 bridgehead atoms. The molecule has 1 aromatic heterocycles. The summed E-state index contributed by atoms with van der Waals surface area (Å²) >= 11 is 7.53. The monoisotopic (exact) mass is 701 g/mol. The number of benzene rings is 3. The van der Waals surface area contributed by atoms with Crippen molar-refractivity contribution in [2.45, 2.75) is 33.4 Å². The van der Waals surface area contributed by atoms with Crippen molar-refractivity contribution < 1.29 is 33.3 Å². The molecule has 1 aliphatic rings. The van der Waals surface area contributed by atoms with Gasteiger partial charge in [0, 0.05) is 10.6 Å². The quantitative estimate of drug-likeness (QED) is 0.190. The van der Waals surface area contributed by atoms with Crippen LogP contribution < -0.4 is 29.1 Å². The van der Waals surface area contributed by atoms with E-state index in [2.05, 4.69) is 15.8 Å². The van der Waals surface area contributed by atoms with Gasteiger partial charge in [-0.25, -0.2) is 14.6 Å². The largest absolute Gasteiger partial charge is 0.490 e. The van der Waals surface area contributed by atoms with Gasteiger partial charge in [0.05, 0.1) is 53.8 Å². The Kier molecular flexibility index (Phi) is 11.2. The number of fused-ring (bicyclic) bond motifs is 1. The molecule has 1 aliphatic heterocycles. The number of ether oxygens (including phenoxy) is 5. The van der Waals surface area contributed by atoms with E-state index in [0.717, 1.165) is 16.9 Å². The van der Waals surface area contributed by atoms with Gasteiger partial charge in [-0.1, -0.05) is 41.1 Å². The Morgan fingerprint density at radius 3 is 2.45 bits per heavy atom. The lowest BCUT2D eigenvalue weighted by Gasteiger charge is -2.25. The fraction of sp³-hybridized carbons (Fsp3) is 0.250. The first-order valence-electron chi connectivity index (χ1n) is 15.2. The highest BCUT2D eigenvalue weighted by atomic mass is 35.5. The van der Waals surface area contributed by atoms with Crippen molar-refractivity contribution in [1.82, 2.24) is 4.57 Å². The van der Waals surface area contributed by atoms with E-state index in [1.165, 1.54) is 11.7 Å². The van der Waals surface area contributed by atoms with Crippen molar-refractivity contribution in [3.8, 4) is 23.3 Å². The third-order valence-corrected chi connectivity index (χ3v) is 8.63. The van der Waals surface area contributed by atoms with Crippen LogP contribution in [0, 0.1) is 11.3 Å². The molecule has 0 N–H and O–H groups in total. The summed E-state index contributed by atoms with van der Waals surface area (Å²) in [6.45, 7) is 5.49. The maximum atomic E-state index is 14.3. The van der Waals surface area contributed by atoms with Gasteiger partial charge in [-0.2, -0.15) is 5.26 Å². The minimum absolute atomic E-state index is 0.122. The summed E-state index contributed by atoms with van der Waals surface area (Å²) in [7, 11) is 1.26. The first kappa shape index (κ1) is 34.9. The van der Waals surface area contributed by atoms with E-state index >= 15 is 0 Å². The maximum absolute atomic E-state index is 14.3. The van der Waals surface area contributed by atoms with E-state index in [1.807, 2.05) is 12.1 Å². The standard InChI is InChI=1S/C36H32ClN3O8S/c1-5-45-29-16-24(11-13-28(29)48-20-31(41)44-4)33-32(35(43)46-6-2)21(3)39-36-40(33)34(42)30(49-36)17-25-15-26(37)12-14-27(25)47-19-23-9-7-22(18-38)8-10-23/h7-17,33H,5-6,19-20H2,1-4H3/b30-17+/t33-/m0/s1. The van der Waals surface area contributed by atoms with Crippen LogP contribution in [0.5, 0.6) is 17.2 Å². The maximum Gasteiger partial charge on any atom is 0.343 e. The minimum atomic E-state index is -0.919. The number of carbonyl (C=O) groups is 2. The topological polar surface area (TPSA) is 138 Å². The van der Waals surface area contributed by atoms with Gasteiger partial charge in [0.1, 0.15) is 12.4 Å². The van der Waals surface area contributed by atoms with Crippen molar-refractivity contribution >= 4 is 41.0 Å². The smallest absolute Gasteiger partial charge is 0.343 e. The molecule has 0 unspecified atom stereocenters. The van der Waals surface area contributed by atoms with E-state index in [1.54, 1.807) is 75.4 Å². The molecular weight excluding hydrogens is 670 g/mol. The highest BCUT2D eigenvalue weighted by molar-refractivity contribution is 7.07. The lowest BCUT2D eigenvalue weighted by Crippen LogP contribution is -2.40. The average molecular weight is 702 g/mol. The van der Waals surface area contributed by atoms with E-state index in [4.69, 9.17) is 35.8 Å². The summed E-state index contributed by atoms with van der Waals surface area (Å²) in [5.41, 5.74) is 2.69. The number of hydrogen-bond acceptors (Lipinski definition) is 11. The van der Waals surface area contributed by atoms with Gasteiger partial charge in [-0.05, 0) is 80.4 Å². The highest BCUT2D eigenvalue weighted by Gasteiger charge is 2.34. The summed E-state index contributed by atoms with van der Waals surface area (Å²) in [6, 6.07) is 18.3. The van der Waals surface area contributed by atoms with Crippen LogP contribution in [0.15, 0.2) is 81.7 Å². The van der Waals surface area contributed by atoms with Crippen LogP contribution in [0.25, 0.3) is 6.08 Å². The van der Waals surface area contributed by atoms with Gasteiger partial charge in [-0.15, -0.1) is 0 Å². The van der Waals surface area contributed by atoms with E-state index < -0.39 is 23.5 Å². The molecule has 0 spiro atoms. The molecule has 0 saturated carbocycles. The zero-order chi connectivity index (χ0) is 35.1. The van der Waals surface area contributed by atoms with Crippen LogP contribution in [0.2, 0.25) is 5.02 Å². The number of thiazole rings is 1. The van der Waals surface area contributed by atoms with Crippen LogP contribution in [-0.2, 0) is 25.7 Å². The van der Waals surface area contributed by atoms with Gasteiger partial charge < -0.3 is 23.7 Å². The minimum Gasteiger partial charge on any atom is -0.490 e. The fourth-order valence-electron chi connectivity index (χ4n) is 5.13. The Bertz CT molecular complexity index is 2150. The molecule has 0 aliphatic carbocycles. The predicted octanol–water partition coefficient (Wildman–Crippen LogP) is 4.85. The van der Waals surface area contributed by atoms with Crippen LogP contribution in [-0.4, -0.2) is 43.4 Å². The molecule has 0 radical (unpaired) electrons. The van der Waals surface area contributed by atoms with Crippen molar-refractivity contribution in [3.63, 3.8) is 0 Å². The normalized spacial score (nSPS) is 14.0. The predicted molar refractivity (Wildman–Crippen MR) is 182 cm³/mol. The number of rotatable bonds is 12. The summed E-state index contributed by atoms with van der Waals surface area (Å²) in [4.78, 5) is 44.4. The second kappa shape index (κ2) is 15.7. The molecule has 5 rings (SSSR count). The van der Waals surface area contributed by atoms with Crippen molar-refractivity contribution in [2.75, 3.05) is 26.9 Å². The fourth-order valence-corrected chi connectivity index (χ4v) is 6.34. The van der Waals surface area contributed by atoms with E-state index in [9.17, 15) is 14.4 Å². The summed E-state index contributed by atoms with van der Waals surface area (Å²) in [5.74, 6) is -0.0868. The number of esters is 2. The third-order valence-electron chi connectivity index (χ3n) is 7.41. The number of hydrogen-bond donors (Lipinski definition) is 0. The molecule has 0 fully saturated rings. The molecule has 4 aromatic rings. The van der Waals surface area contributed by atoms with Gasteiger partial charge in [0.2, 0.25) is 0 Å². The lowest BCUT2D eigenvalue weighted by atomic mass is 9.95. The Hall–Kier alpha value is -5.38. The molecule has 1 atom stereocenters. The number of halogens is 1. The average Bonchev–Trinajstić information content (AvgIpc) is 3.40. The molecule has 0 saturated heterocycles. The lowest BCUT2D eigenvalue weighted by molar-refractivity contribution is -0.143. The van der Waals surface area contributed by atoms with Gasteiger partial charge in [0.25, 0.3) is 5.56 Å². The van der Waals surface area contributed by atoms with Gasteiger partial charge in [-0.3, -0.25) is 9.36 Å². The Morgan fingerprint density at radius 1 is 1.00 bits per heavy atom. The molecule has 13 heteroatoms. The van der Waals surface area contributed by atoms with Crippen LogP contribution in [0.4, 0.5) is 0 Å². The number of nitriles is 1. The van der Waals surface area contributed by atoms with E-state index in [0.29, 0.717) is 48.2 Å². The number of aromatic nitrogens is 1. The molecule has 3 aromatic carbocycles. The Balaban J connectivity index is 1.60. The van der Waals surface area contributed by atoms with Crippen molar-refractivity contribution in [1.29, 1.82) is 5.26 Å². The van der Waals surface area contributed by atoms with Crippen molar-refractivity contribution in [2.24, 2.45) is 4.99 Å². The second-order valence-electron chi connectivity index (χ2n) is 10.6.